The maximum absolute atomic E-state index is 14.0. The molecule has 0 radical (unpaired) electrons. The van der Waals surface area contributed by atoms with Crippen LogP contribution in [0.3, 0.4) is 0 Å². The predicted octanol–water partition coefficient (Wildman–Crippen LogP) is 5.54. The fourth-order valence-corrected chi connectivity index (χ4v) is 3.04. The summed E-state index contributed by atoms with van der Waals surface area (Å²) in [7, 11) is 0. The summed E-state index contributed by atoms with van der Waals surface area (Å²) in [6, 6.07) is 9.79. The van der Waals surface area contributed by atoms with Crippen molar-refractivity contribution in [2.45, 2.75) is 26.0 Å². The fraction of sp³-hybridized carbons (Fsp3) is 0.222. The zero-order valence-electron chi connectivity index (χ0n) is 13.8. The summed E-state index contributed by atoms with van der Waals surface area (Å²) in [5.74, 6) is -0.00407. The third-order valence-electron chi connectivity index (χ3n) is 3.87. The van der Waals surface area contributed by atoms with E-state index in [0.717, 1.165) is 5.56 Å². The van der Waals surface area contributed by atoms with E-state index in [4.69, 9.17) is 34.8 Å². The molecule has 4 nitrogen and oxygen atoms in total. The van der Waals surface area contributed by atoms with Crippen LogP contribution in [0.25, 0.3) is 11.4 Å². The Kier molecular flexibility index (Phi) is 5.82. The number of rotatable bonds is 5. The Hall–Kier alpha value is -1.66. The van der Waals surface area contributed by atoms with Gasteiger partial charge in [0, 0.05) is 10.6 Å². The normalized spacial score (nSPS) is 12.4. The van der Waals surface area contributed by atoms with E-state index >= 15 is 0 Å². The van der Waals surface area contributed by atoms with Crippen LogP contribution >= 0.6 is 34.8 Å². The van der Waals surface area contributed by atoms with Crippen LogP contribution in [-0.2, 0) is 6.54 Å². The lowest BCUT2D eigenvalue weighted by molar-refractivity contribution is 0.163. The molecule has 1 aromatic heterocycles. The lowest BCUT2D eigenvalue weighted by atomic mass is 10.2. The van der Waals surface area contributed by atoms with Gasteiger partial charge in [-0.15, -0.1) is 0 Å². The molecular weight excluding hydrogens is 400 g/mol. The second kappa shape index (κ2) is 7.92. The standard InChI is InChI=1S/C18H15Cl3FN3O/c1-2-16(26)17-23-18(12-7-15(22)14(21)8-13(12)20)25(24-17)9-10-3-5-11(19)6-4-10/h3-8,16,26H,2,9H2,1H3. The van der Waals surface area contributed by atoms with Crippen molar-refractivity contribution >= 4 is 34.8 Å². The highest BCUT2D eigenvalue weighted by molar-refractivity contribution is 6.36. The molecule has 8 heteroatoms. The Morgan fingerprint density at radius 2 is 1.81 bits per heavy atom. The number of nitrogens with zero attached hydrogens (tertiary/aromatic N) is 3. The fourth-order valence-electron chi connectivity index (χ4n) is 2.45. The lowest BCUT2D eigenvalue weighted by Gasteiger charge is -2.08. The Labute approximate surface area is 165 Å². The van der Waals surface area contributed by atoms with Crippen molar-refractivity contribution in [3.63, 3.8) is 0 Å². The largest absolute Gasteiger partial charge is 0.385 e. The molecule has 0 bridgehead atoms. The highest BCUT2D eigenvalue weighted by Crippen LogP contribution is 2.32. The average Bonchev–Trinajstić information content (AvgIpc) is 3.03. The molecule has 0 spiro atoms. The minimum atomic E-state index is -0.823. The van der Waals surface area contributed by atoms with Crippen LogP contribution in [0.1, 0.15) is 30.8 Å². The van der Waals surface area contributed by atoms with Crippen LogP contribution in [0, 0.1) is 5.82 Å². The van der Waals surface area contributed by atoms with Crippen molar-refractivity contribution in [3.05, 3.63) is 68.7 Å². The third-order valence-corrected chi connectivity index (χ3v) is 4.72. The first-order valence-corrected chi connectivity index (χ1v) is 9.04. The van der Waals surface area contributed by atoms with Crippen molar-refractivity contribution in [2.24, 2.45) is 0 Å². The molecule has 0 aliphatic carbocycles. The molecular formula is C18H15Cl3FN3O. The van der Waals surface area contributed by atoms with Gasteiger partial charge in [-0.1, -0.05) is 53.9 Å². The summed E-state index contributed by atoms with van der Waals surface area (Å²) < 4.78 is 15.5. The molecule has 26 heavy (non-hydrogen) atoms. The Bertz CT molecular complexity index is 928. The smallest absolute Gasteiger partial charge is 0.179 e. The minimum absolute atomic E-state index is 0.0728. The van der Waals surface area contributed by atoms with Gasteiger partial charge in [0.05, 0.1) is 16.6 Å². The number of aliphatic hydroxyl groups excluding tert-OH is 1. The third kappa shape index (κ3) is 4.01. The number of aromatic nitrogens is 3. The van der Waals surface area contributed by atoms with Crippen LogP contribution in [-0.4, -0.2) is 19.9 Å². The summed E-state index contributed by atoms with van der Waals surface area (Å²) in [4.78, 5) is 4.38. The van der Waals surface area contributed by atoms with E-state index in [1.54, 1.807) is 16.8 Å². The van der Waals surface area contributed by atoms with E-state index in [2.05, 4.69) is 10.1 Å². The van der Waals surface area contributed by atoms with Crippen LogP contribution in [0.5, 0.6) is 0 Å². The maximum Gasteiger partial charge on any atom is 0.179 e. The van der Waals surface area contributed by atoms with E-state index < -0.39 is 11.9 Å². The van der Waals surface area contributed by atoms with Crippen molar-refractivity contribution in [1.29, 1.82) is 0 Å². The van der Waals surface area contributed by atoms with Crippen LogP contribution < -0.4 is 0 Å². The van der Waals surface area contributed by atoms with Crippen molar-refractivity contribution in [3.8, 4) is 11.4 Å². The molecule has 2 aromatic carbocycles. The molecule has 0 aliphatic rings. The van der Waals surface area contributed by atoms with Gasteiger partial charge in [-0.05, 0) is 36.2 Å². The summed E-state index contributed by atoms with van der Waals surface area (Å²) in [5.41, 5.74) is 1.27. The van der Waals surface area contributed by atoms with Gasteiger partial charge in [0.2, 0.25) is 0 Å². The molecule has 1 heterocycles. The first-order valence-electron chi connectivity index (χ1n) is 7.91. The maximum atomic E-state index is 14.0. The summed E-state index contributed by atoms with van der Waals surface area (Å²) in [6.45, 7) is 2.18. The Morgan fingerprint density at radius 1 is 1.12 bits per heavy atom. The van der Waals surface area contributed by atoms with Gasteiger partial charge < -0.3 is 5.11 Å². The van der Waals surface area contributed by atoms with Crippen molar-refractivity contribution < 1.29 is 9.50 Å². The first-order chi connectivity index (χ1) is 12.4. The molecule has 0 saturated heterocycles. The van der Waals surface area contributed by atoms with Crippen LogP contribution in [0.15, 0.2) is 36.4 Å². The molecule has 136 valence electrons. The van der Waals surface area contributed by atoms with Gasteiger partial charge >= 0.3 is 0 Å². The van der Waals surface area contributed by atoms with Crippen LogP contribution in [0.2, 0.25) is 15.1 Å². The minimum Gasteiger partial charge on any atom is -0.385 e. The average molecular weight is 415 g/mol. The molecule has 1 N–H and O–H groups in total. The molecule has 0 fully saturated rings. The molecule has 1 unspecified atom stereocenters. The summed E-state index contributed by atoms with van der Waals surface area (Å²) in [5, 5.41) is 15.3. The Morgan fingerprint density at radius 3 is 2.46 bits per heavy atom. The van der Waals surface area contributed by atoms with E-state index in [-0.39, 0.29) is 15.9 Å². The SMILES string of the molecule is CCC(O)c1nc(-c2cc(F)c(Cl)cc2Cl)n(Cc2ccc(Cl)cc2)n1. The number of hydrogen-bond acceptors (Lipinski definition) is 3. The van der Waals surface area contributed by atoms with Crippen molar-refractivity contribution in [2.75, 3.05) is 0 Å². The molecule has 3 rings (SSSR count). The second-order valence-electron chi connectivity index (χ2n) is 5.75. The lowest BCUT2D eigenvalue weighted by Crippen LogP contribution is -2.06. The van der Waals surface area contributed by atoms with E-state index in [1.165, 1.54) is 12.1 Å². The number of aliphatic hydroxyl groups is 1. The van der Waals surface area contributed by atoms with Gasteiger partial charge in [-0.2, -0.15) is 5.10 Å². The zero-order chi connectivity index (χ0) is 18.8. The van der Waals surface area contributed by atoms with Gasteiger partial charge in [0.1, 0.15) is 11.9 Å². The van der Waals surface area contributed by atoms with Gasteiger partial charge in [-0.25, -0.2) is 14.1 Å². The number of hydrogen-bond donors (Lipinski definition) is 1. The molecule has 0 amide bonds. The highest BCUT2D eigenvalue weighted by atomic mass is 35.5. The monoisotopic (exact) mass is 413 g/mol. The Balaban J connectivity index is 2.09. The zero-order valence-corrected chi connectivity index (χ0v) is 16.0. The van der Waals surface area contributed by atoms with E-state index in [0.29, 0.717) is 29.4 Å². The quantitative estimate of drug-likeness (QED) is 0.558. The summed E-state index contributed by atoms with van der Waals surface area (Å²) in [6.07, 6.45) is -0.372. The van der Waals surface area contributed by atoms with Crippen LogP contribution in [0.4, 0.5) is 4.39 Å². The first kappa shape index (κ1) is 19.1. The van der Waals surface area contributed by atoms with Crippen molar-refractivity contribution in [1.82, 2.24) is 14.8 Å². The van der Waals surface area contributed by atoms with E-state index in [9.17, 15) is 9.50 Å². The van der Waals surface area contributed by atoms with Gasteiger partial charge in [-0.3, -0.25) is 0 Å². The van der Waals surface area contributed by atoms with Gasteiger partial charge in [0.15, 0.2) is 11.6 Å². The number of benzene rings is 2. The molecule has 0 aliphatic heterocycles. The second-order valence-corrected chi connectivity index (χ2v) is 7.00. The van der Waals surface area contributed by atoms with Gasteiger partial charge in [0.25, 0.3) is 0 Å². The van der Waals surface area contributed by atoms with E-state index in [1.807, 2.05) is 19.1 Å². The summed E-state index contributed by atoms with van der Waals surface area (Å²) >= 11 is 17.9. The predicted molar refractivity (Wildman–Crippen MR) is 101 cm³/mol. The molecule has 3 aromatic rings. The topological polar surface area (TPSA) is 50.9 Å². The number of halogens is 4. The molecule has 1 atom stereocenters. The molecule has 0 saturated carbocycles. The highest BCUT2D eigenvalue weighted by Gasteiger charge is 2.20.